The number of halogens is 2. The molecule has 1 aromatic carbocycles. The molecule has 8 heteroatoms. The van der Waals surface area contributed by atoms with Crippen molar-refractivity contribution in [3.8, 4) is 0 Å². The Kier molecular flexibility index (Phi) is 4.99. The van der Waals surface area contributed by atoms with Gasteiger partial charge in [0, 0.05) is 50.8 Å². The van der Waals surface area contributed by atoms with Crippen LogP contribution in [0.1, 0.15) is 5.56 Å². The molecule has 2 aliphatic rings. The number of carbonyl (C=O) groups is 2. The van der Waals surface area contributed by atoms with Gasteiger partial charge >= 0.3 is 5.97 Å². The van der Waals surface area contributed by atoms with Crippen molar-refractivity contribution in [2.75, 3.05) is 39.9 Å². The number of nitrogens with zero attached hydrogens (tertiary/aromatic N) is 2. The summed E-state index contributed by atoms with van der Waals surface area (Å²) < 4.78 is 18.0. The van der Waals surface area contributed by atoms with Gasteiger partial charge in [-0.1, -0.05) is 17.7 Å². The molecule has 6 nitrogen and oxygen atoms in total. The summed E-state index contributed by atoms with van der Waals surface area (Å²) in [7, 11) is 1.44. The fourth-order valence-corrected chi connectivity index (χ4v) is 4.11. The highest BCUT2D eigenvalue weighted by Gasteiger charge is 2.58. The van der Waals surface area contributed by atoms with E-state index >= 15 is 0 Å². The first-order chi connectivity index (χ1) is 11.9. The minimum atomic E-state index is -0.976. The van der Waals surface area contributed by atoms with E-state index in [1.165, 1.54) is 19.2 Å². The normalized spacial score (nSPS) is 26.0. The Labute approximate surface area is 150 Å². The van der Waals surface area contributed by atoms with Crippen molar-refractivity contribution >= 4 is 23.5 Å². The summed E-state index contributed by atoms with van der Waals surface area (Å²) in [4.78, 5) is 27.6. The number of ether oxygens (including phenoxy) is 1. The predicted octanol–water partition coefficient (Wildman–Crippen LogP) is 1.47. The van der Waals surface area contributed by atoms with Gasteiger partial charge in [-0.05, 0) is 17.7 Å². The number of amides is 1. The minimum absolute atomic E-state index is 0.0443. The van der Waals surface area contributed by atoms with E-state index < -0.39 is 17.2 Å². The van der Waals surface area contributed by atoms with Crippen LogP contribution in [0.3, 0.4) is 0 Å². The number of benzene rings is 1. The van der Waals surface area contributed by atoms with Gasteiger partial charge in [-0.2, -0.15) is 0 Å². The highest BCUT2D eigenvalue weighted by Crippen LogP contribution is 2.43. The fraction of sp³-hybridized carbons (Fsp3) is 0.529. The Morgan fingerprint density at radius 2 is 2.16 bits per heavy atom. The molecule has 1 amide bonds. The molecule has 1 N–H and O–H groups in total. The number of carbonyl (C=O) groups excluding carboxylic acids is 1. The first kappa shape index (κ1) is 18.1. The third kappa shape index (κ3) is 3.36. The van der Waals surface area contributed by atoms with Crippen LogP contribution in [0, 0.1) is 17.2 Å². The van der Waals surface area contributed by atoms with Crippen LogP contribution < -0.4 is 0 Å². The third-order valence-corrected chi connectivity index (χ3v) is 5.49. The van der Waals surface area contributed by atoms with Crippen LogP contribution in [0.4, 0.5) is 4.39 Å². The first-order valence-electron chi connectivity index (χ1n) is 8.02. The van der Waals surface area contributed by atoms with Gasteiger partial charge in [0.15, 0.2) is 0 Å². The molecule has 0 radical (unpaired) electrons. The van der Waals surface area contributed by atoms with Crippen LogP contribution in [0.2, 0.25) is 5.02 Å². The molecule has 0 unspecified atom stereocenters. The lowest BCUT2D eigenvalue weighted by atomic mass is 9.81. The van der Waals surface area contributed by atoms with E-state index in [1.807, 2.05) is 4.90 Å². The molecule has 0 aliphatic carbocycles. The molecule has 0 aromatic heterocycles. The average molecular weight is 371 g/mol. The van der Waals surface area contributed by atoms with E-state index in [-0.39, 0.29) is 25.0 Å². The lowest BCUT2D eigenvalue weighted by Crippen LogP contribution is -2.42. The number of hydrogen-bond donors (Lipinski definition) is 1. The molecule has 0 spiro atoms. The van der Waals surface area contributed by atoms with Gasteiger partial charge < -0.3 is 14.7 Å². The molecular formula is C17H20ClFN2O4. The fourth-order valence-electron chi connectivity index (χ4n) is 3.89. The van der Waals surface area contributed by atoms with Crippen molar-refractivity contribution < 1.29 is 23.8 Å². The van der Waals surface area contributed by atoms with Crippen molar-refractivity contribution in [3.63, 3.8) is 0 Å². The van der Waals surface area contributed by atoms with Gasteiger partial charge in [-0.25, -0.2) is 4.39 Å². The molecule has 25 heavy (non-hydrogen) atoms. The maximum Gasteiger partial charge on any atom is 0.313 e. The number of hydrogen-bond acceptors (Lipinski definition) is 4. The average Bonchev–Trinajstić information content (AvgIpc) is 3.05. The molecule has 2 aliphatic heterocycles. The van der Waals surface area contributed by atoms with Crippen LogP contribution in [-0.4, -0.2) is 66.7 Å². The molecule has 2 heterocycles. The Balaban J connectivity index is 1.73. The zero-order chi connectivity index (χ0) is 18.2. The Hall–Kier alpha value is -1.70. The molecule has 136 valence electrons. The molecular weight excluding hydrogens is 351 g/mol. The third-order valence-electron chi connectivity index (χ3n) is 5.14. The molecule has 0 bridgehead atoms. The summed E-state index contributed by atoms with van der Waals surface area (Å²) in [6.07, 6.45) is 0. The Bertz CT molecular complexity index is 701. The second-order valence-corrected chi connectivity index (χ2v) is 7.18. The van der Waals surface area contributed by atoms with Crippen molar-refractivity contribution in [2.45, 2.75) is 6.54 Å². The highest BCUT2D eigenvalue weighted by atomic mass is 35.5. The monoisotopic (exact) mass is 370 g/mol. The summed E-state index contributed by atoms with van der Waals surface area (Å²) in [5.74, 6) is -1.63. The largest absolute Gasteiger partial charge is 0.481 e. The number of likely N-dealkylation sites (tertiary alicyclic amines) is 2. The maximum absolute atomic E-state index is 13.2. The number of methoxy groups -OCH3 is 1. The van der Waals surface area contributed by atoms with E-state index in [2.05, 4.69) is 0 Å². The zero-order valence-electron chi connectivity index (χ0n) is 13.9. The van der Waals surface area contributed by atoms with Crippen molar-refractivity contribution in [1.29, 1.82) is 0 Å². The van der Waals surface area contributed by atoms with E-state index in [0.717, 1.165) is 5.56 Å². The summed E-state index contributed by atoms with van der Waals surface area (Å²) in [6, 6.07) is 4.22. The van der Waals surface area contributed by atoms with E-state index in [0.29, 0.717) is 31.2 Å². The second-order valence-electron chi connectivity index (χ2n) is 6.77. The van der Waals surface area contributed by atoms with Gasteiger partial charge in [0.25, 0.3) is 0 Å². The van der Waals surface area contributed by atoms with Crippen molar-refractivity contribution in [1.82, 2.24) is 9.80 Å². The number of aliphatic carboxylic acids is 1. The van der Waals surface area contributed by atoms with E-state index in [4.69, 9.17) is 16.3 Å². The lowest BCUT2D eigenvalue weighted by molar-refractivity contribution is -0.149. The number of carboxylic acid groups (broad SMARTS) is 1. The summed E-state index contributed by atoms with van der Waals surface area (Å²) >= 11 is 6.08. The van der Waals surface area contributed by atoms with E-state index in [1.54, 1.807) is 11.0 Å². The molecule has 0 saturated carbocycles. The summed E-state index contributed by atoms with van der Waals surface area (Å²) in [6.45, 7) is 1.88. The summed E-state index contributed by atoms with van der Waals surface area (Å²) in [5, 5.41) is 10.1. The number of carboxylic acids is 1. The lowest BCUT2D eigenvalue weighted by Gasteiger charge is -2.25. The van der Waals surface area contributed by atoms with Gasteiger partial charge in [0.2, 0.25) is 5.91 Å². The SMILES string of the molecule is COCC(=O)N1C[C@@H]2CN(Cc3ccc(F)cc3Cl)C[C@]2(C(=O)O)C1. The van der Waals surface area contributed by atoms with Crippen molar-refractivity contribution in [3.05, 3.63) is 34.6 Å². The highest BCUT2D eigenvalue weighted by molar-refractivity contribution is 6.31. The summed E-state index contributed by atoms with van der Waals surface area (Å²) in [5.41, 5.74) is -0.216. The smallest absolute Gasteiger partial charge is 0.313 e. The van der Waals surface area contributed by atoms with Gasteiger partial charge in [-0.3, -0.25) is 14.5 Å². The molecule has 2 saturated heterocycles. The van der Waals surface area contributed by atoms with Gasteiger partial charge in [-0.15, -0.1) is 0 Å². The topological polar surface area (TPSA) is 70.1 Å². The Morgan fingerprint density at radius 3 is 2.76 bits per heavy atom. The van der Waals surface area contributed by atoms with E-state index in [9.17, 15) is 19.1 Å². The predicted molar refractivity (Wildman–Crippen MR) is 88.7 cm³/mol. The first-order valence-corrected chi connectivity index (χ1v) is 8.40. The minimum Gasteiger partial charge on any atom is -0.481 e. The zero-order valence-corrected chi connectivity index (χ0v) is 14.6. The van der Waals surface area contributed by atoms with Crippen molar-refractivity contribution in [2.24, 2.45) is 11.3 Å². The van der Waals surface area contributed by atoms with Crippen LogP contribution in [-0.2, 0) is 20.9 Å². The maximum atomic E-state index is 13.2. The molecule has 3 rings (SSSR count). The van der Waals surface area contributed by atoms with Crippen LogP contribution >= 0.6 is 11.6 Å². The van der Waals surface area contributed by atoms with Gasteiger partial charge in [0.1, 0.15) is 17.8 Å². The number of rotatable bonds is 5. The molecule has 1 aromatic rings. The molecule has 2 atom stereocenters. The van der Waals surface area contributed by atoms with Gasteiger partial charge in [0.05, 0.1) is 0 Å². The van der Waals surface area contributed by atoms with Crippen LogP contribution in [0.15, 0.2) is 18.2 Å². The quantitative estimate of drug-likeness (QED) is 0.850. The van der Waals surface area contributed by atoms with Crippen LogP contribution in [0.25, 0.3) is 0 Å². The van der Waals surface area contributed by atoms with Crippen LogP contribution in [0.5, 0.6) is 0 Å². The second kappa shape index (κ2) is 6.90. The Morgan fingerprint density at radius 1 is 1.40 bits per heavy atom. The number of fused-ring (bicyclic) bond motifs is 1. The molecule has 2 fully saturated rings. The standard InChI is InChI=1S/C17H20ClFN2O4/c1-25-8-15(22)21-7-12-6-20(9-17(12,10-21)16(23)24)5-11-2-3-13(19)4-14(11)18/h2-4,12H,5-10H2,1H3,(H,23,24)/t12-,17-/m0/s1.